The lowest BCUT2D eigenvalue weighted by molar-refractivity contribution is 0.0172. The van der Waals surface area contributed by atoms with Crippen molar-refractivity contribution in [1.82, 2.24) is 19.6 Å². The van der Waals surface area contributed by atoms with Gasteiger partial charge >= 0.3 is 0 Å². The molecule has 0 radical (unpaired) electrons. The molecule has 3 aromatic rings. The summed E-state index contributed by atoms with van der Waals surface area (Å²) in [6.45, 7) is 7.63. The van der Waals surface area contributed by atoms with Crippen LogP contribution in [-0.4, -0.2) is 69.6 Å². The van der Waals surface area contributed by atoms with Crippen molar-refractivity contribution < 1.29 is 23.9 Å². The number of nitrogens with zero attached hydrogens (tertiary/aromatic N) is 4. The lowest BCUT2D eigenvalue weighted by Crippen LogP contribution is -2.43. The third-order valence-corrected chi connectivity index (χ3v) is 6.09. The lowest BCUT2D eigenvalue weighted by atomic mass is 10.0. The maximum atomic E-state index is 11.9. The van der Waals surface area contributed by atoms with E-state index in [1.165, 1.54) is 0 Å². The third-order valence-electron chi connectivity index (χ3n) is 6.09. The Kier molecular flexibility index (Phi) is 6.06. The highest BCUT2D eigenvalue weighted by molar-refractivity contribution is 5.91. The highest BCUT2D eigenvalue weighted by Gasteiger charge is 2.28. The van der Waals surface area contributed by atoms with E-state index >= 15 is 0 Å². The molecule has 2 aromatic heterocycles. The van der Waals surface area contributed by atoms with Crippen LogP contribution in [0.15, 0.2) is 35.0 Å². The lowest BCUT2D eigenvalue weighted by Gasteiger charge is -2.30. The first-order valence-corrected chi connectivity index (χ1v) is 11.5. The Hall–Kier alpha value is -3.65. The molecule has 2 aliphatic rings. The number of rotatable bonds is 4. The van der Waals surface area contributed by atoms with Crippen LogP contribution in [0.25, 0.3) is 11.4 Å². The van der Waals surface area contributed by atoms with E-state index in [2.05, 4.69) is 26.9 Å². The van der Waals surface area contributed by atoms with E-state index in [1.54, 1.807) is 26.1 Å². The van der Waals surface area contributed by atoms with Gasteiger partial charge in [0.05, 0.1) is 25.3 Å². The topological polar surface area (TPSA) is 129 Å². The number of hydrogen-bond acceptors (Lipinski definition) is 8. The van der Waals surface area contributed by atoms with Gasteiger partial charge < -0.3 is 29.4 Å². The molecular weight excluding hydrogens is 450 g/mol. The fourth-order valence-corrected chi connectivity index (χ4v) is 4.23. The number of aliphatic hydroxyl groups is 1. The maximum absolute atomic E-state index is 11.9. The first kappa shape index (κ1) is 23.1. The number of carbonyl (C=O) groups is 1. The van der Waals surface area contributed by atoms with Gasteiger partial charge in [-0.15, -0.1) is 0 Å². The number of benzene rings is 1. The van der Waals surface area contributed by atoms with E-state index in [-0.39, 0.29) is 11.8 Å². The number of fused-ring (bicyclic) bond motifs is 3. The van der Waals surface area contributed by atoms with Crippen LogP contribution in [0.5, 0.6) is 5.75 Å². The van der Waals surface area contributed by atoms with Crippen LogP contribution < -0.4 is 10.5 Å². The van der Waals surface area contributed by atoms with E-state index in [0.29, 0.717) is 60.5 Å². The number of imidazole rings is 1. The minimum atomic E-state index is -1.48. The summed E-state index contributed by atoms with van der Waals surface area (Å²) >= 11 is 0. The van der Waals surface area contributed by atoms with Crippen molar-refractivity contribution in [3.8, 4) is 29.0 Å². The van der Waals surface area contributed by atoms with Crippen molar-refractivity contribution in [2.24, 2.45) is 5.73 Å². The van der Waals surface area contributed by atoms with Crippen molar-refractivity contribution in [1.29, 1.82) is 0 Å². The molecule has 1 fully saturated rings. The second-order valence-corrected chi connectivity index (χ2v) is 8.98. The van der Waals surface area contributed by atoms with Crippen LogP contribution in [0.3, 0.4) is 0 Å². The quantitative estimate of drug-likeness (QED) is 0.538. The van der Waals surface area contributed by atoms with Gasteiger partial charge in [-0.05, 0) is 32.0 Å². The number of aryl methyl sites for hydroxylation is 1. The molecule has 0 spiro atoms. The minimum absolute atomic E-state index is 0.156. The van der Waals surface area contributed by atoms with Gasteiger partial charge in [-0.3, -0.25) is 9.69 Å². The van der Waals surface area contributed by atoms with Crippen LogP contribution in [0.2, 0.25) is 0 Å². The van der Waals surface area contributed by atoms with Gasteiger partial charge in [0, 0.05) is 37.5 Å². The van der Waals surface area contributed by atoms with Gasteiger partial charge in [-0.2, -0.15) is 0 Å². The first-order valence-electron chi connectivity index (χ1n) is 11.5. The molecule has 2 atom stereocenters. The SMILES string of the molecule is Cc1cc([C@](C)(O)C#Cc2ccc3c(c2)-c2nc(C(N)=O)cn2C[C@@H](CN2CCOCC2)O3)no1. The van der Waals surface area contributed by atoms with E-state index in [9.17, 15) is 9.90 Å². The molecule has 1 saturated heterocycles. The molecule has 5 rings (SSSR count). The average Bonchev–Trinajstić information content (AvgIpc) is 3.43. The second kappa shape index (κ2) is 9.19. The third kappa shape index (κ3) is 4.93. The van der Waals surface area contributed by atoms with Crippen molar-refractivity contribution in [2.75, 3.05) is 32.8 Å². The summed E-state index contributed by atoms with van der Waals surface area (Å²) in [4.78, 5) is 18.7. The van der Waals surface area contributed by atoms with Crippen molar-refractivity contribution >= 4 is 5.91 Å². The Balaban J connectivity index is 1.49. The molecule has 1 aromatic carbocycles. The molecule has 0 saturated carbocycles. The van der Waals surface area contributed by atoms with Gasteiger partial charge in [0.2, 0.25) is 0 Å². The summed E-state index contributed by atoms with van der Waals surface area (Å²) in [7, 11) is 0. The number of morpholine rings is 1. The molecule has 3 N–H and O–H groups in total. The number of primary amides is 1. The zero-order valence-corrected chi connectivity index (χ0v) is 19.7. The standard InChI is InChI=1S/C25H27N5O5/c1-16-11-22(28-35-16)25(2,32)6-5-17-3-4-21-19(12-17)24-27-20(23(26)31)15-30(24)14-18(34-21)13-29-7-9-33-10-8-29/h3-4,11-12,15,18,32H,7-10,13-14H2,1-2H3,(H2,26,31)/t18-,25-/m1/s1. The number of nitrogens with two attached hydrogens (primary N) is 1. The van der Waals surface area contributed by atoms with Crippen molar-refractivity contribution in [3.63, 3.8) is 0 Å². The predicted molar refractivity (Wildman–Crippen MR) is 126 cm³/mol. The molecule has 0 unspecified atom stereocenters. The van der Waals surface area contributed by atoms with E-state index in [0.717, 1.165) is 13.1 Å². The molecule has 35 heavy (non-hydrogen) atoms. The van der Waals surface area contributed by atoms with Crippen LogP contribution >= 0.6 is 0 Å². The van der Waals surface area contributed by atoms with Crippen molar-refractivity contribution in [3.05, 3.63) is 53.2 Å². The molecule has 10 nitrogen and oxygen atoms in total. The van der Waals surface area contributed by atoms with E-state index in [1.807, 2.05) is 22.8 Å². The van der Waals surface area contributed by atoms with Crippen LogP contribution in [0.4, 0.5) is 0 Å². The Morgan fingerprint density at radius 1 is 1.31 bits per heavy atom. The normalized spacial score (nSPS) is 19.3. The predicted octanol–water partition coefficient (Wildman–Crippen LogP) is 1.30. The molecular formula is C25H27N5O5. The molecule has 182 valence electrons. The Morgan fingerprint density at radius 2 is 2.11 bits per heavy atom. The summed E-state index contributed by atoms with van der Waals surface area (Å²) in [5.74, 6) is 7.10. The van der Waals surface area contributed by atoms with Crippen LogP contribution in [-0.2, 0) is 16.9 Å². The van der Waals surface area contributed by atoms with Gasteiger partial charge in [0.1, 0.15) is 34.8 Å². The molecule has 0 bridgehead atoms. The Labute approximate surface area is 202 Å². The Bertz CT molecular complexity index is 1310. The number of hydrogen-bond donors (Lipinski definition) is 2. The summed E-state index contributed by atoms with van der Waals surface area (Å²) < 4.78 is 18.8. The zero-order valence-electron chi connectivity index (χ0n) is 19.7. The summed E-state index contributed by atoms with van der Waals surface area (Å²) in [5.41, 5.74) is 5.92. The number of carbonyl (C=O) groups excluding carboxylic acids is 1. The van der Waals surface area contributed by atoms with Crippen molar-refractivity contribution in [2.45, 2.75) is 32.1 Å². The van der Waals surface area contributed by atoms with Gasteiger partial charge in [-0.25, -0.2) is 4.98 Å². The summed E-state index contributed by atoms with van der Waals surface area (Å²) in [6.07, 6.45) is 1.51. The van der Waals surface area contributed by atoms with Crippen LogP contribution in [0, 0.1) is 18.8 Å². The smallest absolute Gasteiger partial charge is 0.268 e. The highest BCUT2D eigenvalue weighted by atomic mass is 16.5. The number of ether oxygens (including phenoxy) is 2. The van der Waals surface area contributed by atoms with E-state index in [4.69, 9.17) is 19.7 Å². The van der Waals surface area contributed by atoms with E-state index < -0.39 is 11.5 Å². The molecule has 10 heteroatoms. The summed E-state index contributed by atoms with van der Waals surface area (Å²) in [5, 5.41) is 14.6. The Morgan fingerprint density at radius 3 is 2.83 bits per heavy atom. The molecule has 4 heterocycles. The fraction of sp³-hybridized carbons (Fsp3) is 0.400. The monoisotopic (exact) mass is 477 g/mol. The van der Waals surface area contributed by atoms with Crippen LogP contribution in [0.1, 0.15) is 34.4 Å². The van der Waals surface area contributed by atoms with Gasteiger partial charge in [0.25, 0.3) is 5.91 Å². The zero-order chi connectivity index (χ0) is 24.6. The van der Waals surface area contributed by atoms with Gasteiger partial charge in [-0.1, -0.05) is 17.0 Å². The first-order chi connectivity index (χ1) is 16.8. The summed E-state index contributed by atoms with van der Waals surface area (Å²) in [6, 6.07) is 7.16. The molecule has 0 aliphatic carbocycles. The van der Waals surface area contributed by atoms with Gasteiger partial charge in [0.15, 0.2) is 5.60 Å². The molecule has 2 aliphatic heterocycles. The fourth-order valence-electron chi connectivity index (χ4n) is 4.23. The second-order valence-electron chi connectivity index (χ2n) is 8.98. The maximum Gasteiger partial charge on any atom is 0.268 e. The number of amides is 1. The number of aromatic nitrogens is 3. The largest absolute Gasteiger partial charge is 0.486 e. The molecule has 1 amide bonds. The minimum Gasteiger partial charge on any atom is -0.486 e. The highest BCUT2D eigenvalue weighted by Crippen LogP contribution is 2.34. The average molecular weight is 478 g/mol.